The molecule has 2 aromatic heterocycles. The topological polar surface area (TPSA) is 63.6 Å². The molecule has 2 heterocycles. The third kappa shape index (κ3) is 3.01. The van der Waals surface area contributed by atoms with Crippen molar-refractivity contribution < 1.29 is 0 Å². The van der Waals surface area contributed by atoms with Gasteiger partial charge < -0.3 is 5.32 Å². The summed E-state index contributed by atoms with van der Waals surface area (Å²) in [4.78, 5) is 17.1. The van der Waals surface area contributed by atoms with Crippen LogP contribution in [-0.2, 0) is 0 Å². The van der Waals surface area contributed by atoms with Crippen molar-refractivity contribution in [2.45, 2.75) is 20.3 Å². The van der Waals surface area contributed by atoms with Crippen molar-refractivity contribution in [2.24, 2.45) is 0 Å². The quantitative estimate of drug-likeness (QED) is 0.941. The molecule has 0 aromatic carbocycles. The van der Waals surface area contributed by atoms with E-state index in [0.717, 1.165) is 28.8 Å². The van der Waals surface area contributed by atoms with Gasteiger partial charge in [0.25, 0.3) is 0 Å². The van der Waals surface area contributed by atoms with Gasteiger partial charge >= 0.3 is 0 Å². The predicted molar refractivity (Wildman–Crippen MR) is 74.3 cm³/mol. The van der Waals surface area contributed by atoms with E-state index < -0.39 is 0 Å². The summed E-state index contributed by atoms with van der Waals surface area (Å²) in [5.41, 5.74) is 1.01. The highest BCUT2D eigenvalue weighted by molar-refractivity contribution is 9.10. The van der Waals surface area contributed by atoms with Gasteiger partial charge in [-0.15, -0.1) is 0 Å². The fourth-order valence-electron chi connectivity index (χ4n) is 1.35. The maximum atomic E-state index is 4.42. The van der Waals surface area contributed by atoms with Crippen molar-refractivity contribution in [3.8, 4) is 11.6 Å². The summed E-state index contributed by atoms with van der Waals surface area (Å²) in [5.74, 6) is 1.83. The van der Waals surface area contributed by atoms with Crippen LogP contribution in [-0.4, -0.2) is 26.5 Å². The van der Waals surface area contributed by atoms with Gasteiger partial charge in [-0.2, -0.15) is 0 Å². The molecule has 18 heavy (non-hydrogen) atoms. The number of aromatic nitrogens is 4. The fourth-order valence-corrected chi connectivity index (χ4v) is 1.68. The molecule has 94 valence electrons. The fraction of sp³-hybridized carbons (Fsp3) is 0.333. The molecule has 0 unspecified atom stereocenters. The van der Waals surface area contributed by atoms with E-state index in [1.807, 2.05) is 6.92 Å². The van der Waals surface area contributed by atoms with Gasteiger partial charge in [-0.1, -0.05) is 6.92 Å². The van der Waals surface area contributed by atoms with E-state index in [2.05, 4.69) is 48.1 Å². The first-order valence-electron chi connectivity index (χ1n) is 5.76. The molecule has 0 saturated heterocycles. The van der Waals surface area contributed by atoms with E-state index >= 15 is 0 Å². The molecule has 0 spiro atoms. The van der Waals surface area contributed by atoms with Crippen molar-refractivity contribution in [1.29, 1.82) is 0 Å². The maximum absolute atomic E-state index is 4.42. The van der Waals surface area contributed by atoms with Gasteiger partial charge in [-0.25, -0.2) is 19.9 Å². The summed E-state index contributed by atoms with van der Waals surface area (Å²) in [7, 11) is 0. The van der Waals surface area contributed by atoms with Gasteiger partial charge in [0.2, 0.25) is 0 Å². The molecular formula is C12H14BrN5. The van der Waals surface area contributed by atoms with Crippen molar-refractivity contribution in [3.63, 3.8) is 0 Å². The van der Waals surface area contributed by atoms with Crippen LogP contribution in [0.4, 0.5) is 5.82 Å². The van der Waals surface area contributed by atoms with E-state index in [1.54, 1.807) is 18.6 Å². The van der Waals surface area contributed by atoms with E-state index in [1.165, 1.54) is 0 Å². The summed E-state index contributed by atoms with van der Waals surface area (Å²) in [6.45, 7) is 4.91. The minimum atomic E-state index is 0.525. The molecule has 0 bridgehead atoms. The Morgan fingerprint density at radius 2 is 1.78 bits per heavy atom. The normalized spacial score (nSPS) is 10.4. The Labute approximate surface area is 114 Å². The number of anilines is 1. The molecule has 2 aromatic rings. The highest BCUT2D eigenvalue weighted by Gasteiger charge is 2.08. The first-order valence-corrected chi connectivity index (χ1v) is 6.55. The molecule has 0 aliphatic rings. The zero-order chi connectivity index (χ0) is 13.0. The minimum absolute atomic E-state index is 0.525. The molecule has 0 fully saturated rings. The number of hydrogen-bond acceptors (Lipinski definition) is 5. The highest BCUT2D eigenvalue weighted by Crippen LogP contribution is 2.21. The first kappa shape index (κ1) is 12.9. The smallest absolute Gasteiger partial charge is 0.199 e. The second-order valence-corrected chi connectivity index (χ2v) is 4.76. The van der Waals surface area contributed by atoms with Gasteiger partial charge in [0.15, 0.2) is 11.6 Å². The van der Waals surface area contributed by atoms with Crippen LogP contribution < -0.4 is 5.32 Å². The average molecular weight is 308 g/mol. The number of halogens is 1. The largest absolute Gasteiger partial charge is 0.369 e. The Bertz CT molecular complexity index is 526. The molecule has 0 aliphatic heterocycles. The van der Waals surface area contributed by atoms with Crippen LogP contribution in [0.3, 0.4) is 0 Å². The van der Waals surface area contributed by atoms with Crippen LogP contribution in [0.15, 0.2) is 23.1 Å². The van der Waals surface area contributed by atoms with E-state index in [0.29, 0.717) is 11.6 Å². The Kier molecular flexibility index (Phi) is 4.19. The minimum Gasteiger partial charge on any atom is -0.369 e. The Morgan fingerprint density at radius 3 is 2.44 bits per heavy atom. The second-order valence-electron chi connectivity index (χ2n) is 3.90. The third-order valence-corrected chi connectivity index (χ3v) is 2.85. The number of hydrogen-bond donors (Lipinski definition) is 1. The average Bonchev–Trinajstić information content (AvgIpc) is 2.39. The van der Waals surface area contributed by atoms with Crippen LogP contribution >= 0.6 is 15.9 Å². The van der Waals surface area contributed by atoms with Crippen molar-refractivity contribution >= 4 is 21.7 Å². The van der Waals surface area contributed by atoms with Gasteiger partial charge in [-0.3, -0.25) is 0 Å². The Balaban J connectivity index is 2.31. The summed E-state index contributed by atoms with van der Waals surface area (Å²) in [6, 6.07) is 0. The monoisotopic (exact) mass is 307 g/mol. The van der Waals surface area contributed by atoms with Crippen LogP contribution in [0.1, 0.15) is 18.9 Å². The standard InChI is InChI=1S/C12H14BrN5/c1-3-4-14-10-9(13)7-17-12(18-10)11-15-5-8(2)6-16-11/h5-7H,3-4H2,1-2H3,(H,14,17,18). The lowest BCUT2D eigenvalue weighted by Crippen LogP contribution is -2.05. The molecular weight excluding hydrogens is 294 g/mol. The van der Waals surface area contributed by atoms with Gasteiger partial charge in [0.1, 0.15) is 5.82 Å². The lowest BCUT2D eigenvalue weighted by Gasteiger charge is -2.07. The summed E-state index contributed by atoms with van der Waals surface area (Å²) in [5, 5.41) is 3.23. The molecule has 1 N–H and O–H groups in total. The van der Waals surface area contributed by atoms with Gasteiger partial charge in [-0.05, 0) is 34.8 Å². The number of nitrogens with one attached hydrogen (secondary N) is 1. The molecule has 0 radical (unpaired) electrons. The van der Waals surface area contributed by atoms with Crippen molar-refractivity contribution in [2.75, 3.05) is 11.9 Å². The Hall–Kier alpha value is -1.56. The molecule has 0 aliphatic carbocycles. The van der Waals surface area contributed by atoms with Gasteiger partial charge in [0.05, 0.1) is 4.47 Å². The van der Waals surface area contributed by atoms with Crippen LogP contribution in [0, 0.1) is 6.92 Å². The van der Waals surface area contributed by atoms with E-state index in [9.17, 15) is 0 Å². The van der Waals surface area contributed by atoms with Crippen LogP contribution in [0.2, 0.25) is 0 Å². The van der Waals surface area contributed by atoms with Crippen molar-refractivity contribution in [1.82, 2.24) is 19.9 Å². The zero-order valence-corrected chi connectivity index (χ0v) is 11.9. The molecule has 5 nitrogen and oxygen atoms in total. The number of nitrogens with zero attached hydrogens (tertiary/aromatic N) is 4. The van der Waals surface area contributed by atoms with Crippen LogP contribution in [0.25, 0.3) is 11.6 Å². The molecule has 0 amide bonds. The van der Waals surface area contributed by atoms with Crippen LogP contribution in [0.5, 0.6) is 0 Å². The summed E-state index contributed by atoms with van der Waals surface area (Å²) in [6.07, 6.45) is 6.26. The number of rotatable bonds is 4. The Morgan fingerprint density at radius 1 is 1.11 bits per heavy atom. The van der Waals surface area contributed by atoms with E-state index in [-0.39, 0.29) is 0 Å². The second kappa shape index (κ2) is 5.86. The summed E-state index contributed by atoms with van der Waals surface area (Å²) >= 11 is 3.42. The van der Waals surface area contributed by atoms with Crippen molar-refractivity contribution in [3.05, 3.63) is 28.6 Å². The SMILES string of the molecule is CCCNc1nc(-c2ncc(C)cn2)ncc1Br. The molecule has 0 atom stereocenters. The first-order chi connectivity index (χ1) is 8.70. The molecule has 6 heteroatoms. The lowest BCUT2D eigenvalue weighted by atomic mass is 10.4. The third-order valence-electron chi connectivity index (χ3n) is 2.27. The van der Waals surface area contributed by atoms with E-state index in [4.69, 9.17) is 0 Å². The highest BCUT2D eigenvalue weighted by atomic mass is 79.9. The zero-order valence-electron chi connectivity index (χ0n) is 10.3. The number of aryl methyl sites for hydroxylation is 1. The summed E-state index contributed by atoms with van der Waals surface area (Å²) < 4.78 is 0.840. The maximum Gasteiger partial charge on any atom is 0.199 e. The molecule has 2 rings (SSSR count). The lowest BCUT2D eigenvalue weighted by molar-refractivity contribution is 0.959. The van der Waals surface area contributed by atoms with Gasteiger partial charge in [0, 0.05) is 25.1 Å². The molecule has 0 saturated carbocycles. The predicted octanol–water partition coefficient (Wildman–Crippen LogP) is 2.83.